The minimum atomic E-state index is 0.0266. The zero-order valence-electron chi connectivity index (χ0n) is 19.3. The van der Waals surface area contributed by atoms with Gasteiger partial charge >= 0.3 is 0 Å². The first-order valence-electron chi connectivity index (χ1n) is 11.6. The van der Waals surface area contributed by atoms with Gasteiger partial charge in [0.2, 0.25) is 5.91 Å². The lowest BCUT2D eigenvalue weighted by Crippen LogP contribution is -2.43. The maximum absolute atomic E-state index is 13.4. The summed E-state index contributed by atoms with van der Waals surface area (Å²) in [5, 5.41) is 1.44. The molecule has 0 N–H and O–H groups in total. The van der Waals surface area contributed by atoms with Crippen LogP contribution in [0.4, 0.5) is 0 Å². The third-order valence-electron chi connectivity index (χ3n) is 5.92. The third-order valence-corrected chi connectivity index (χ3v) is 8.06. The molecule has 31 heavy (non-hydrogen) atoms. The first kappa shape index (κ1) is 24.1. The van der Waals surface area contributed by atoms with E-state index in [0.717, 1.165) is 54.4 Å². The number of aryl methyl sites for hydroxylation is 2. The summed E-state index contributed by atoms with van der Waals surface area (Å²) in [5.74, 6) is 0.465. The fraction of sp³-hybridized carbons (Fsp3) is 0.625. The van der Waals surface area contributed by atoms with Gasteiger partial charge in [-0.3, -0.25) is 14.2 Å². The van der Waals surface area contributed by atoms with Crippen LogP contribution in [-0.4, -0.2) is 38.7 Å². The van der Waals surface area contributed by atoms with Gasteiger partial charge in [-0.2, -0.15) is 0 Å². The van der Waals surface area contributed by atoms with Gasteiger partial charge < -0.3 is 4.90 Å². The zero-order valence-corrected chi connectivity index (χ0v) is 21.0. The van der Waals surface area contributed by atoms with E-state index >= 15 is 0 Å². The van der Waals surface area contributed by atoms with Gasteiger partial charge in [0.1, 0.15) is 4.83 Å². The van der Waals surface area contributed by atoms with Gasteiger partial charge in [0, 0.05) is 24.0 Å². The quantitative estimate of drug-likeness (QED) is 0.338. The van der Waals surface area contributed by atoms with E-state index in [1.807, 2.05) is 25.7 Å². The van der Waals surface area contributed by atoms with E-state index < -0.39 is 0 Å². The average molecular weight is 462 g/mol. The smallest absolute Gasteiger partial charge is 0.263 e. The predicted octanol–water partition coefficient (Wildman–Crippen LogP) is 5.43. The Bertz CT molecular complexity index is 1010. The van der Waals surface area contributed by atoms with Crippen molar-refractivity contribution in [3.05, 3.63) is 32.9 Å². The molecule has 1 aliphatic carbocycles. The molecule has 170 valence electrons. The van der Waals surface area contributed by atoms with E-state index in [-0.39, 0.29) is 11.5 Å². The molecule has 1 aliphatic heterocycles. The van der Waals surface area contributed by atoms with Gasteiger partial charge in [0.05, 0.1) is 11.1 Å². The van der Waals surface area contributed by atoms with Crippen molar-refractivity contribution in [3.63, 3.8) is 0 Å². The molecule has 1 saturated heterocycles. The Kier molecular flexibility index (Phi) is 8.39. The number of hydrogen-bond acceptors (Lipinski definition) is 5. The lowest BCUT2D eigenvalue weighted by molar-refractivity contribution is -0.131. The standard InChI is InChI=1S/C22H29N3O2S2.C2H6/c1-14(2)12-25-21(27)19-16-9-4-5-10-17(16)29-20(19)23-22(25)28-13-18(26)24-11-7-6-8-15(24)3;1-2/h15H,1,4-13H2,2-3H3;1-2H3. The van der Waals surface area contributed by atoms with Crippen LogP contribution >= 0.6 is 23.1 Å². The Morgan fingerprint density at radius 3 is 2.68 bits per heavy atom. The molecular weight excluding hydrogens is 426 g/mol. The largest absolute Gasteiger partial charge is 0.339 e. The van der Waals surface area contributed by atoms with Gasteiger partial charge in [-0.1, -0.05) is 37.8 Å². The molecule has 1 fully saturated rings. The number of nitrogens with zero attached hydrogens (tertiary/aromatic N) is 3. The summed E-state index contributed by atoms with van der Waals surface area (Å²) in [6.45, 7) is 13.3. The molecule has 1 amide bonds. The number of thiophene rings is 1. The van der Waals surface area contributed by atoms with E-state index in [9.17, 15) is 9.59 Å². The van der Waals surface area contributed by atoms with E-state index in [4.69, 9.17) is 4.98 Å². The molecule has 0 spiro atoms. The second-order valence-electron chi connectivity index (χ2n) is 8.35. The average Bonchev–Trinajstić information content (AvgIpc) is 3.14. The topological polar surface area (TPSA) is 55.2 Å². The van der Waals surface area contributed by atoms with Crippen LogP contribution in [0.5, 0.6) is 0 Å². The van der Waals surface area contributed by atoms with Crippen molar-refractivity contribution in [3.8, 4) is 0 Å². The summed E-state index contributed by atoms with van der Waals surface area (Å²) in [6.07, 6.45) is 7.67. The summed E-state index contributed by atoms with van der Waals surface area (Å²) < 4.78 is 1.73. The first-order valence-corrected chi connectivity index (χ1v) is 13.4. The molecule has 2 aromatic heterocycles. The lowest BCUT2D eigenvalue weighted by Gasteiger charge is -2.33. The number of hydrogen-bond donors (Lipinski definition) is 0. The van der Waals surface area contributed by atoms with E-state index in [1.165, 1.54) is 35.0 Å². The molecule has 0 radical (unpaired) electrons. The zero-order chi connectivity index (χ0) is 22.5. The molecule has 2 aliphatic rings. The minimum Gasteiger partial charge on any atom is -0.339 e. The van der Waals surface area contributed by atoms with Crippen molar-refractivity contribution in [1.29, 1.82) is 0 Å². The minimum absolute atomic E-state index is 0.0266. The first-order chi connectivity index (χ1) is 15.0. The highest BCUT2D eigenvalue weighted by atomic mass is 32.2. The molecule has 4 rings (SSSR count). The number of rotatable bonds is 5. The van der Waals surface area contributed by atoms with Gasteiger partial charge in [-0.25, -0.2) is 4.98 Å². The maximum Gasteiger partial charge on any atom is 0.263 e. The van der Waals surface area contributed by atoms with Crippen LogP contribution in [0, 0.1) is 0 Å². The lowest BCUT2D eigenvalue weighted by atomic mass is 9.97. The van der Waals surface area contributed by atoms with Gasteiger partial charge in [0.25, 0.3) is 5.56 Å². The Labute approximate surface area is 193 Å². The van der Waals surface area contributed by atoms with E-state index in [2.05, 4.69) is 13.5 Å². The Balaban J connectivity index is 0.00000132. The SMILES string of the molecule is C=C(C)Cn1c(SCC(=O)N2CCCCC2C)nc2sc3c(c2c1=O)CCCC3.CC. The highest BCUT2D eigenvalue weighted by molar-refractivity contribution is 7.99. The van der Waals surface area contributed by atoms with Gasteiger partial charge in [-0.05, 0) is 64.4 Å². The fourth-order valence-electron chi connectivity index (χ4n) is 4.42. The van der Waals surface area contributed by atoms with E-state index in [1.54, 1.807) is 15.9 Å². The second-order valence-corrected chi connectivity index (χ2v) is 10.4. The van der Waals surface area contributed by atoms with Crippen molar-refractivity contribution in [2.75, 3.05) is 12.3 Å². The molecule has 0 aromatic carbocycles. The maximum atomic E-state index is 13.4. The van der Waals surface area contributed by atoms with Crippen LogP contribution < -0.4 is 5.56 Å². The van der Waals surface area contributed by atoms with E-state index in [0.29, 0.717) is 23.5 Å². The highest BCUT2D eigenvalue weighted by Crippen LogP contribution is 2.35. The molecular formula is C24H35N3O2S2. The third kappa shape index (κ3) is 5.25. The van der Waals surface area contributed by atoms with Crippen LogP contribution in [-0.2, 0) is 24.2 Å². The number of carbonyl (C=O) groups is 1. The predicted molar refractivity (Wildman–Crippen MR) is 132 cm³/mol. The number of fused-ring (bicyclic) bond motifs is 3. The molecule has 5 nitrogen and oxygen atoms in total. The number of allylic oxidation sites excluding steroid dienone is 1. The molecule has 7 heteroatoms. The summed E-state index contributed by atoms with van der Waals surface area (Å²) in [5.41, 5.74) is 2.15. The Hall–Kier alpha value is -1.60. The van der Waals surface area contributed by atoms with Crippen molar-refractivity contribution in [2.24, 2.45) is 0 Å². The van der Waals surface area contributed by atoms with Gasteiger partial charge in [-0.15, -0.1) is 11.3 Å². The summed E-state index contributed by atoms with van der Waals surface area (Å²) >= 11 is 3.06. The molecule has 1 unspecified atom stereocenters. The fourth-order valence-corrected chi connectivity index (χ4v) is 6.60. The highest BCUT2D eigenvalue weighted by Gasteiger charge is 2.25. The van der Waals surface area contributed by atoms with Crippen LogP contribution in [0.3, 0.4) is 0 Å². The molecule has 0 saturated carbocycles. The molecule has 1 atom stereocenters. The number of piperidine rings is 1. The normalized spacial score (nSPS) is 18.3. The summed E-state index contributed by atoms with van der Waals surface area (Å²) in [4.78, 5) is 35.2. The number of amides is 1. The van der Waals surface area contributed by atoms with Crippen molar-refractivity contribution in [2.45, 2.75) is 90.4 Å². The Morgan fingerprint density at radius 2 is 1.97 bits per heavy atom. The van der Waals surface area contributed by atoms with Crippen LogP contribution in [0.25, 0.3) is 10.2 Å². The van der Waals surface area contributed by atoms with Crippen LogP contribution in [0.2, 0.25) is 0 Å². The van der Waals surface area contributed by atoms with Crippen LogP contribution in [0.15, 0.2) is 22.1 Å². The monoisotopic (exact) mass is 461 g/mol. The van der Waals surface area contributed by atoms with Crippen molar-refractivity contribution in [1.82, 2.24) is 14.5 Å². The number of thioether (sulfide) groups is 1. The van der Waals surface area contributed by atoms with Crippen molar-refractivity contribution < 1.29 is 4.79 Å². The summed E-state index contributed by atoms with van der Waals surface area (Å²) in [6, 6.07) is 0.300. The molecule has 0 bridgehead atoms. The van der Waals surface area contributed by atoms with Crippen molar-refractivity contribution >= 4 is 39.2 Å². The van der Waals surface area contributed by atoms with Crippen LogP contribution in [0.1, 0.15) is 70.2 Å². The Morgan fingerprint density at radius 1 is 1.23 bits per heavy atom. The molecule has 2 aromatic rings. The second kappa shape index (κ2) is 10.8. The number of carbonyl (C=O) groups excluding carboxylic acids is 1. The molecule has 3 heterocycles. The van der Waals surface area contributed by atoms with Gasteiger partial charge in [0.15, 0.2) is 5.16 Å². The number of aromatic nitrogens is 2. The summed E-state index contributed by atoms with van der Waals surface area (Å²) in [7, 11) is 0. The number of likely N-dealkylation sites (tertiary alicyclic amines) is 1.